The fraction of sp³-hybridized carbons (Fsp3) is 0.667. The van der Waals surface area contributed by atoms with E-state index in [9.17, 15) is 0 Å². The van der Waals surface area contributed by atoms with Gasteiger partial charge < -0.3 is 0 Å². The molecule has 0 aromatic heterocycles. The SMILES string of the molecule is CCC=CC(=C(C)C(=N)[N+](C)(C)C)C(C)CC. The molecule has 0 saturated carbocycles. The first-order valence-corrected chi connectivity index (χ1v) is 6.53. The van der Waals surface area contributed by atoms with Crippen LogP contribution in [-0.4, -0.2) is 31.5 Å². The molecule has 0 aromatic carbocycles. The van der Waals surface area contributed by atoms with E-state index >= 15 is 0 Å². The smallest absolute Gasteiger partial charge is 0.222 e. The standard InChI is InChI=1S/C15H29N2/c1-8-10-11-14(12(3)9-2)13(4)15(16)17(5,6)7/h10-12,16H,8-9H2,1-7H3/q+1. The van der Waals surface area contributed by atoms with E-state index in [1.165, 1.54) is 5.57 Å². The molecule has 0 radical (unpaired) electrons. The van der Waals surface area contributed by atoms with Gasteiger partial charge in [-0.3, -0.25) is 9.89 Å². The number of likely N-dealkylation sites (N-methyl/N-ethyl adjacent to an activating group) is 1. The Labute approximate surface area is 107 Å². The van der Waals surface area contributed by atoms with Crippen LogP contribution in [0, 0.1) is 11.3 Å². The van der Waals surface area contributed by atoms with Crippen LogP contribution in [0.2, 0.25) is 0 Å². The van der Waals surface area contributed by atoms with Gasteiger partial charge in [-0.1, -0.05) is 32.9 Å². The van der Waals surface area contributed by atoms with Gasteiger partial charge in [0.2, 0.25) is 5.84 Å². The maximum Gasteiger partial charge on any atom is 0.222 e. The Bertz CT molecular complexity index is 316. The van der Waals surface area contributed by atoms with Gasteiger partial charge in [0.25, 0.3) is 0 Å². The van der Waals surface area contributed by atoms with E-state index in [4.69, 9.17) is 5.41 Å². The Morgan fingerprint density at radius 1 is 1.24 bits per heavy atom. The Hall–Kier alpha value is -0.890. The molecule has 0 heterocycles. The van der Waals surface area contributed by atoms with E-state index in [2.05, 4.69) is 39.8 Å². The molecule has 0 aliphatic rings. The zero-order valence-corrected chi connectivity index (χ0v) is 12.6. The minimum atomic E-state index is 0.518. The molecule has 0 aliphatic carbocycles. The average Bonchev–Trinajstić information content (AvgIpc) is 2.26. The van der Waals surface area contributed by atoms with Crippen LogP contribution in [0.5, 0.6) is 0 Å². The minimum absolute atomic E-state index is 0.518. The van der Waals surface area contributed by atoms with Crippen molar-refractivity contribution in [2.75, 3.05) is 21.1 Å². The van der Waals surface area contributed by atoms with Crippen LogP contribution in [-0.2, 0) is 0 Å². The first kappa shape index (κ1) is 16.1. The molecule has 2 nitrogen and oxygen atoms in total. The first-order chi connectivity index (χ1) is 7.75. The van der Waals surface area contributed by atoms with Gasteiger partial charge in [-0.15, -0.1) is 0 Å². The van der Waals surface area contributed by atoms with Gasteiger partial charge in [-0.05, 0) is 31.3 Å². The van der Waals surface area contributed by atoms with E-state index in [0.29, 0.717) is 16.2 Å². The van der Waals surface area contributed by atoms with Crippen LogP contribution in [0.4, 0.5) is 0 Å². The Balaban J connectivity index is 5.38. The molecule has 0 amide bonds. The molecular weight excluding hydrogens is 208 g/mol. The van der Waals surface area contributed by atoms with Gasteiger partial charge in [-0.2, -0.15) is 0 Å². The highest BCUT2D eigenvalue weighted by molar-refractivity contribution is 5.91. The van der Waals surface area contributed by atoms with Crippen molar-refractivity contribution in [1.29, 1.82) is 5.41 Å². The number of hydrogen-bond donors (Lipinski definition) is 1. The number of nitrogens with zero attached hydrogens (tertiary/aromatic N) is 1. The summed E-state index contributed by atoms with van der Waals surface area (Å²) in [5, 5.41) is 8.26. The predicted octanol–water partition coefficient (Wildman–Crippen LogP) is 4.00. The van der Waals surface area contributed by atoms with Crippen LogP contribution in [0.15, 0.2) is 23.3 Å². The molecule has 1 atom stereocenters. The zero-order chi connectivity index (χ0) is 13.6. The second kappa shape index (κ2) is 6.75. The Kier molecular flexibility index (Phi) is 6.40. The van der Waals surface area contributed by atoms with E-state index in [0.717, 1.165) is 18.4 Å². The fourth-order valence-corrected chi connectivity index (χ4v) is 1.76. The quantitative estimate of drug-likeness (QED) is 0.323. The number of rotatable bonds is 5. The summed E-state index contributed by atoms with van der Waals surface area (Å²) in [6, 6.07) is 0. The lowest BCUT2D eigenvalue weighted by Gasteiger charge is -2.26. The highest BCUT2D eigenvalue weighted by Crippen LogP contribution is 2.22. The third kappa shape index (κ3) is 4.86. The van der Waals surface area contributed by atoms with E-state index < -0.39 is 0 Å². The summed E-state index contributed by atoms with van der Waals surface area (Å²) in [5.41, 5.74) is 2.43. The van der Waals surface area contributed by atoms with Crippen molar-refractivity contribution in [1.82, 2.24) is 0 Å². The van der Waals surface area contributed by atoms with Gasteiger partial charge >= 0.3 is 0 Å². The van der Waals surface area contributed by atoms with Crippen molar-refractivity contribution in [3.05, 3.63) is 23.3 Å². The normalized spacial score (nSPS) is 15.9. The molecule has 0 saturated heterocycles. The molecule has 98 valence electrons. The molecule has 0 bridgehead atoms. The van der Waals surface area contributed by atoms with Gasteiger partial charge in [0.1, 0.15) is 0 Å². The van der Waals surface area contributed by atoms with Crippen LogP contribution in [0.25, 0.3) is 0 Å². The number of hydrogen-bond acceptors (Lipinski definition) is 1. The first-order valence-electron chi connectivity index (χ1n) is 6.53. The highest BCUT2D eigenvalue weighted by Gasteiger charge is 2.21. The van der Waals surface area contributed by atoms with Crippen molar-refractivity contribution in [2.45, 2.75) is 40.5 Å². The molecule has 0 fully saturated rings. The summed E-state index contributed by atoms with van der Waals surface area (Å²) < 4.78 is 0.575. The van der Waals surface area contributed by atoms with Crippen molar-refractivity contribution in [3.63, 3.8) is 0 Å². The summed E-state index contributed by atoms with van der Waals surface area (Å²) in [6.45, 7) is 8.66. The zero-order valence-electron chi connectivity index (χ0n) is 12.6. The summed E-state index contributed by atoms with van der Waals surface area (Å²) in [7, 11) is 6.14. The second-order valence-corrected chi connectivity index (χ2v) is 5.56. The second-order valence-electron chi connectivity index (χ2n) is 5.56. The molecule has 0 rings (SSSR count). The van der Waals surface area contributed by atoms with Gasteiger partial charge in [-0.25, -0.2) is 0 Å². The van der Waals surface area contributed by atoms with Gasteiger partial charge in [0, 0.05) is 5.57 Å². The molecular formula is C15H29N2+. The van der Waals surface area contributed by atoms with Gasteiger partial charge in [0.05, 0.1) is 21.1 Å². The largest absolute Gasteiger partial charge is 0.282 e. The summed E-state index contributed by atoms with van der Waals surface area (Å²) in [5.74, 6) is 1.21. The third-order valence-corrected chi connectivity index (χ3v) is 3.14. The monoisotopic (exact) mass is 237 g/mol. The topological polar surface area (TPSA) is 23.9 Å². The van der Waals surface area contributed by atoms with Crippen molar-refractivity contribution in [2.24, 2.45) is 5.92 Å². The van der Waals surface area contributed by atoms with E-state index in [1.807, 2.05) is 21.1 Å². The number of amidine groups is 1. The van der Waals surface area contributed by atoms with Crippen LogP contribution in [0.3, 0.4) is 0 Å². The lowest BCUT2D eigenvalue weighted by molar-refractivity contribution is -0.776. The highest BCUT2D eigenvalue weighted by atomic mass is 15.3. The summed E-state index contributed by atoms with van der Waals surface area (Å²) in [4.78, 5) is 0. The molecule has 1 N–H and O–H groups in total. The molecule has 2 heteroatoms. The molecule has 17 heavy (non-hydrogen) atoms. The van der Waals surface area contributed by atoms with Crippen molar-refractivity contribution in [3.8, 4) is 0 Å². The fourth-order valence-electron chi connectivity index (χ4n) is 1.76. The van der Waals surface area contributed by atoms with Crippen molar-refractivity contribution >= 4 is 5.84 Å². The van der Waals surface area contributed by atoms with E-state index in [-0.39, 0.29) is 0 Å². The summed E-state index contributed by atoms with van der Waals surface area (Å²) >= 11 is 0. The van der Waals surface area contributed by atoms with Crippen LogP contribution < -0.4 is 0 Å². The van der Waals surface area contributed by atoms with Crippen LogP contribution >= 0.6 is 0 Å². The molecule has 0 spiro atoms. The third-order valence-electron chi connectivity index (χ3n) is 3.14. The molecule has 0 aliphatic heterocycles. The predicted molar refractivity (Wildman–Crippen MR) is 77.3 cm³/mol. The molecule has 1 unspecified atom stereocenters. The van der Waals surface area contributed by atoms with Crippen molar-refractivity contribution < 1.29 is 4.48 Å². The average molecular weight is 237 g/mol. The molecule has 0 aromatic rings. The Morgan fingerprint density at radius 3 is 2.12 bits per heavy atom. The maximum absolute atomic E-state index is 8.26. The Morgan fingerprint density at radius 2 is 1.76 bits per heavy atom. The number of quaternary nitrogens is 1. The minimum Gasteiger partial charge on any atom is -0.282 e. The van der Waals surface area contributed by atoms with E-state index in [1.54, 1.807) is 0 Å². The van der Waals surface area contributed by atoms with Gasteiger partial charge in [0.15, 0.2) is 0 Å². The number of nitrogens with one attached hydrogen (secondary N) is 1. The van der Waals surface area contributed by atoms with Crippen LogP contribution in [0.1, 0.15) is 40.5 Å². The lowest BCUT2D eigenvalue weighted by Crippen LogP contribution is -2.41. The lowest BCUT2D eigenvalue weighted by atomic mass is 9.92. The maximum atomic E-state index is 8.26. The summed E-state index contributed by atoms with van der Waals surface area (Å²) in [6.07, 6.45) is 6.55. The number of allylic oxidation sites excluding steroid dienone is 3.